The first-order chi connectivity index (χ1) is 12.8. The van der Waals surface area contributed by atoms with E-state index >= 15 is 0 Å². The first kappa shape index (κ1) is 18.5. The Morgan fingerprint density at radius 1 is 0.926 bits per heavy atom. The maximum absolute atomic E-state index is 10.8. The average molecular weight is 385 g/mol. The maximum atomic E-state index is 10.8. The molecule has 2 aromatic carbocycles. The van der Waals surface area contributed by atoms with E-state index in [0.29, 0.717) is 11.4 Å². The Bertz CT molecular complexity index is 939. The van der Waals surface area contributed by atoms with Gasteiger partial charge in [-0.25, -0.2) is 9.98 Å². The zero-order valence-electron chi connectivity index (χ0n) is 14.5. The lowest BCUT2D eigenvalue weighted by Gasteiger charge is -2.24. The first-order valence-electron chi connectivity index (χ1n) is 7.85. The summed E-state index contributed by atoms with van der Waals surface area (Å²) in [6.07, 6.45) is 0. The van der Waals surface area contributed by atoms with Crippen LogP contribution < -0.4 is 0 Å². The molecule has 138 valence electrons. The summed E-state index contributed by atoms with van der Waals surface area (Å²) in [6, 6.07) is 12.3. The third-order valence-corrected chi connectivity index (χ3v) is 5.03. The Balaban J connectivity index is 1.97. The third kappa shape index (κ3) is 4.11. The summed E-state index contributed by atoms with van der Waals surface area (Å²) >= 11 is 1.42. The van der Waals surface area contributed by atoms with E-state index in [1.165, 1.54) is 36.0 Å². The predicted octanol–water partition coefficient (Wildman–Crippen LogP) is 3.61. The summed E-state index contributed by atoms with van der Waals surface area (Å²) in [7, 11) is 3.72. The quantitative estimate of drug-likeness (QED) is 0.586. The molecule has 0 N–H and O–H groups in total. The van der Waals surface area contributed by atoms with Gasteiger partial charge in [0.2, 0.25) is 0 Å². The molecule has 1 aliphatic rings. The molecule has 1 unspecified atom stereocenters. The molecule has 0 saturated heterocycles. The van der Waals surface area contributed by atoms with Crippen molar-refractivity contribution in [3.63, 3.8) is 0 Å². The van der Waals surface area contributed by atoms with Gasteiger partial charge >= 0.3 is 0 Å². The summed E-state index contributed by atoms with van der Waals surface area (Å²) in [5.41, 5.74) is 1.47. The summed E-state index contributed by atoms with van der Waals surface area (Å²) in [5.74, 6) is 0.454. The largest absolute Gasteiger partial charge is 0.357 e. The van der Waals surface area contributed by atoms with Crippen molar-refractivity contribution in [2.75, 3.05) is 14.1 Å². The molecular formula is C17H15N5O4S. The molecule has 0 aromatic heterocycles. The molecule has 10 heteroatoms. The molecule has 0 radical (unpaired) electrons. The van der Waals surface area contributed by atoms with Gasteiger partial charge < -0.3 is 4.90 Å². The highest BCUT2D eigenvalue weighted by atomic mass is 32.2. The number of rotatable bonds is 4. The SMILES string of the molecule is CN(C)C1=NC(c2ccc([N+](=O)[O-])cc2)=NC(c2ccc([N+](=O)[O-])cc2)S1. The molecular weight excluding hydrogens is 370 g/mol. The van der Waals surface area contributed by atoms with Gasteiger partial charge in [0.05, 0.1) is 9.85 Å². The number of amidine groups is 2. The molecule has 3 rings (SSSR count). The molecule has 9 nitrogen and oxygen atoms in total. The highest BCUT2D eigenvalue weighted by Gasteiger charge is 2.23. The number of nitro benzene ring substituents is 2. The number of non-ortho nitro benzene ring substituents is 2. The topological polar surface area (TPSA) is 114 Å². The molecule has 1 heterocycles. The van der Waals surface area contributed by atoms with E-state index < -0.39 is 9.85 Å². The van der Waals surface area contributed by atoms with Crippen molar-refractivity contribution in [3.8, 4) is 0 Å². The van der Waals surface area contributed by atoms with Crippen LogP contribution in [0.5, 0.6) is 0 Å². The van der Waals surface area contributed by atoms with Crippen LogP contribution in [0.15, 0.2) is 58.5 Å². The normalized spacial score (nSPS) is 16.3. The molecule has 0 bridgehead atoms. The highest BCUT2D eigenvalue weighted by molar-refractivity contribution is 8.14. The van der Waals surface area contributed by atoms with Crippen molar-refractivity contribution < 1.29 is 9.85 Å². The number of thioether (sulfide) groups is 1. The lowest BCUT2D eigenvalue weighted by molar-refractivity contribution is -0.385. The molecule has 0 amide bonds. The second kappa shape index (κ2) is 7.54. The summed E-state index contributed by atoms with van der Waals surface area (Å²) < 4.78 is 0. The van der Waals surface area contributed by atoms with Gasteiger partial charge in [-0.1, -0.05) is 11.8 Å². The fraction of sp³-hybridized carbons (Fsp3) is 0.176. The number of benzene rings is 2. The standard InChI is InChI=1S/C17H15N5O4S/c1-20(2)17-19-15(11-3-7-13(8-4-11)21(23)24)18-16(27-17)12-5-9-14(10-6-12)22(25)26/h3-10,16H,1-2H3. The van der Waals surface area contributed by atoms with Crippen LogP contribution in [0, 0.1) is 20.2 Å². The minimum absolute atomic E-state index is 0.00624. The second-order valence-electron chi connectivity index (χ2n) is 5.86. The number of aliphatic imine (C=N–C) groups is 2. The van der Waals surface area contributed by atoms with E-state index in [2.05, 4.69) is 9.98 Å². The van der Waals surface area contributed by atoms with Gasteiger partial charge in [0, 0.05) is 43.9 Å². The molecule has 2 aromatic rings. The van der Waals surface area contributed by atoms with Gasteiger partial charge in [-0.3, -0.25) is 20.2 Å². The monoisotopic (exact) mass is 385 g/mol. The zero-order chi connectivity index (χ0) is 19.6. The van der Waals surface area contributed by atoms with Crippen molar-refractivity contribution in [2.45, 2.75) is 5.37 Å². The van der Waals surface area contributed by atoms with Gasteiger partial charge in [0.25, 0.3) is 11.4 Å². The van der Waals surface area contributed by atoms with E-state index in [1.807, 2.05) is 19.0 Å². The van der Waals surface area contributed by atoms with Crippen LogP contribution in [0.3, 0.4) is 0 Å². The smallest absolute Gasteiger partial charge is 0.269 e. The fourth-order valence-corrected chi connectivity index (χ4v) is 3.36. The van der Waals surface area contributed by atoms with Crippen LogP contribution in [0.25, 0.3) is 0 Å². The van der Waals surface area contributed by atoms with E-state index in [0.717, 1.165) is 10.7 Å². The molecule has 1 aliphatic heterocycles. The van der Waals surface area contributed by atoms with Gasteiger partial charge in [-0.2, -0.15) is 0 Å². The minimum atomic E-state index is -0.462. The van der Waals surface area contributed by atoms with Crippen LogP contribution in [0.4, 0.5) is 11.4 Å². The second-order valence-corrected chi connectivity index (χ2v) is 6.91. The van der Waals surface area contributed by atoms with Gasteiger partial charge in [-0.05, 0) is 29.8 Å². The zero-order valence-corrected chi connectivity index (χ0v) is 15.3. The van der Waals surface area contributed by atoms with Crippen molar-refractivity contribution in [1.82, 2.24) is 4.90 Å². The molecule has 0 fully saturated rings. The molecule has 0 spiro atoms. The molecule has 0 saturated carbocycles. The van der Waals surface area contributed by atoms with E-state index in [4.69, 9.17) is 0 Å². The Morgan fingerprint density at radius 3 is 1.93 bits per heavy atom. The number of hydrogen-bond donors (Lipinski definition) is 0. The highest BCUT2D eigenvalue weighted by Crippen LogP contribution is 2.36. The van der Waals surface area contributed by atoms with Crippen LogP contribution >= 0.6 is 11.8 Å². The Labute approximate surface area is 158 Å². The lowest BCUT2D eigenvalue weighted by atomic mass is 10.1. The van der Waals surface area contributed by atoms with Crippen LogP contribution in [0.1, 0.15) is 16.5 Å². The van der Waals surface area contributed by atoms with Crippen LogP contribution in [-0.2, 0) is 0 Å². The van der Waals surface area contributed by atoms with Crippen molar-refractivity contribution in [2.24, 2.45) is 9.98 Å². The van der Waals surface area contributed by atoms with Crippen molar-refractivity contribution in [3.05, 3.63) is 79.9 Å². The maximum Gasteiger partial charge on any atom is 0.269 e. The van der Waals surface area contributed by atoms with Crippen molar-refractivity contribution in [1.29, 1.82) is 0 Å². The molecule has 0 aliphatic carbocycles. The Morgan fingerprint density at radius 2 is 1.44 bits per heavy atom. The first-order valence-corrected chi connectivity index (χ1v) is 8.73. The summed E-state index contributed by atoms with van der Waals surface area (Å²) in [6.45, 7) is 0. The van der Waals surface area contributed by atoms with Gasteiger partial charge in [0.15, 0.2) is 11.0 Å². The van der Waals surface area contributed by atoms with E-state index in [1.54, 1.807) is 24.3 Å². The number of nitrogens with zero attached hydrogens (tertiary/aromatic N) is 5. The predicted molar refractivity (Wildman–Crippen MR) is 104 cm³/mol. The third-order valence-electron chi connectivity index (χ3n) is 3.77. The van der Waals surface area contributed by atoms with E-state index in [9.17, 15) is 20.2 Å². The summed E-state index contributed by atoms with van der Waals surface area (Å²) in [5, 5.41) is 22.1. The summed E-state index contributed by atoms with van der Waals surface area (Å²) in [4.78, 5) is 31.8. The Kier molecular flexibility index (Phi) is 5.17. The van der Waals surface area contributed by atoms with Gasteiger partial charge in [0.1, 0.15) is 5.37 Å². The average Bonchev–Trinajstić information content (AvgIpc) is 2.67. The molecule has 27 heavy (non-hydrogen) atoms. The van der Waals surface area contributed by atoms with E-state index in [-0.39, 0.29) is 16.7 Å². The van der Waals surface area contributed by atoms with Crippen molar-refractivity contribution >= 4 is 34.1 Å². The number of hydrogen-bond acceptors (Lipinski definition) is 8. The van der Waals surface area contributed by atoms with Crippen LogP contribution in [0.2, 0.25) is 0 Å². The minimum Gasteiger partial charge on any atom is -0.357 e. The lowest BCUT2D eigenvalue weighted by Crippen LogP contribution is -2.24. The number of nitro groups is 2. The Hall–Kier alpha value is -3.27. The fourth-order valence-electron chi connectivity index (χ4n) is 2.36. The van der Waals surface area contributed by atoms with Gasteiger partial charge in [-0.15, -0.1) is 0 Å². The van der Waals surface area contributed by atoms with Crippen LogP contribution in [-0.4, -0.2) is 39.8 Å². The molecule has 1 atom stereocenters.